The van der Waals surface area contributed by atoms with Crippen LogP contribution in [-0.4, -0.2) is 21.9 Å². The Labute approximate surface area is 104 Å². The fourth-order valence-corrected chi connectivity index (χ4v) is 1.59. The minimum atomic E-state index is -0.354. The van der Waals surface area contributed by atoms with Gasteiger partial charge < -0.3 is 10.3 Å². The van der Waals surface area contributed by atoms with E-state index in [0.717, 1.165) is 6.42 Å². The molecular weight excluding hydrogens is 230 g/mol. The number of H-pyrrole nitrogens is 1. The van der Waals surface area contributed by atoms with Crippen molar-refractivity contribution < 1.29 is 4.79 Å². The number of nitrogens with zero attached hydrogens (tertiary/aromatic N) is 1. The number of aromatic amines is 1. The number of rotatable bonds is 3. The van der Waals surface area contributed by atoms with E-state index in [0.29, 0.717) is 10.9 Å². The molecule has 1 amide bonds. The summed E-state index contributed by atoms with van der Waals surface area (Å²) in [5.41, 5.74) is 0.227. The third-order valence-corrected chi connectivity index (χ3v) is 2.82. The Bertz CT molecular complexity index is 633. The van der Waals surface area contributed by atoms with Crippen LogP contribution in [0.4, 0.5) is 0 Å². The Balaban J connectivity index is 2.41. The lowest BCUT2D eigenvalue weighted by Gasteiger charge is -2.10. The zero-order valence-corrected chi connectivity index (χ0v) is 10.4. The molecule has 2 aromatic rings. The van der Waals surface area contributed by atoms with Gasteiger partial charge in [-0.25, -0.2) is 4.98 Å². The molecule has 0 spiro atoms. The van der Waals surface area contributed by atoms with Crippen LogP contribution >= 0.6 is 0 Å². The van der Waals surface area contributed by atoms with Crippen LogP contribution < -0.4 is 10.9 Å². The molecular formula is C13H15N3O2. The van der Waals surface area contributed by atoms with Crippen LogP contribution in [0.1, 0.15) is 30.9 Å². The summed E-state index contributed by atoms with van der Waals surface area (Å²) in [7, 11) is 0. The third kappa shape index (κ3) is 2.40. The van der Waals surface area contributed by atoms with Gasteiger partial charge in [-0.1, -0.05) is 19.1 Å². The average Bonchev–Trinajstić information content (AvgIpc) is 2.38. The smallest absolute Gasteiger partial charge is 0.287 e. The summed E-state index contributed by atoms with van der Waals surface area (Å²) in [5.74, 6) is -0.300. The van der Waals surface area contributed by atoms with Crippen molar-refractivity contribution in [2.24, 2.45) is 0 Å². The second-order valence-corrected chi connectivity index (χ2v) is 4.21. The van der Waals surface area contributed by atoms with Crippen LogP contribution in [0.2, 0.25) is 0 Å². The SMILES string of the molecule is CC[C@H](C)NC(=O)c1nc2ccccc2c(=O)[nH]1. The molecule has 94 valence electrons. The Morgan fingerprint density at radius 2 is 2.17 bits per heavy atom. The van der Waals surface area contributed by atoms with E-state index in [1.165, 1.54) is 0 Å². The number of hydrogen-bond acceptors (Lipinski definition) is 3. The molecule has 0 radical (unpaired) electrons. The van der Waals surface area contributed by atoms with E-state index in [4.69, 9.17) is 0 Å². The maximum Gasteiger partial charge on any atom is 0.287 e. The van der Waals surface area contributed by atoms with Crippen LogP contribution in [-0.2, 0) is 0 Å². The number of carbonyl (C=O) groups excluding carboxylic acids is 1. The Kier molecular flexibility index (Phi) is 3.41. The van der Waals surface area contributed by atoms with Gasteiger partial charge in [0.05, 0.1) is 10.9 Å². The van der Waals surface area contributed by atoms with Gasteiger partial charge >= 0.3 is 0 Å². The van der Waals surface area contributed by atoms with Gasteiger partial charge in [0.15, 0.2) is 5.82 Å². The topological polar surface area (TPSA) is 74.8 Å². The van der Waals surface area contributed by atoms with E-state index in [-0.39, 0.29) is 23.3 Å². The molecule has 0 aliphatic rings. The molecule has 0 aliphatic heterocycles. The highest BCUT2D eigenvalue weighted by Crippen LogP contribution is 2.05. The van der Waals surface area contributed by atoms with Crippen molar-refractivity contribution in [3.8, 4) is 0 Å². The Morgan fingerprint density at radius 1 is 1.44 bits per heavy atom. The summed E-state index contributed by atoms with van der Waals surface area (Å²) in [6.45, 7) is 3.87. The number of para-hydroxylation sites is 1. The zero-order valence-electron chi connectivity index (χ0n) is 10.4. The van der Waals surface area contributed by atoms with E-state index in [2.05, 4.69) is 15.3 Å². The maximum atomic E-state index is 11.9. The van der Waals surface area contributed by atoms with Gasteiger partial charge in [-0.2, -0.15) is 0 Å². The van der Waals surface area contributed by atoms with Crippen LogP contribution in [0.5, 0.6) is 0 Å². The average molecular weight is 245 g/mol. The zero-order chi connectivity index (χ0) is 13.1. The summed E-state index contributed by atoms with van der Waals surface area (Å²) in [6.07, 6.45) is 0.823. The second kappa shape index (κ2) is 5.00. The van der Waals surface area contributed by atoms with Crippen LogP contribution in [0, 0.1) is 0 Å². The number of aromatic nitrogens is 2. The van der Waals surface area contributed by atoms with Gasteiger partial charge in [0, 0.05) is 6.04 Å². The molecule has 2 rings (SSSR count). The van der Waals surface area contributed by atoms with E-state index in [1.807, 2.05) is 13.8 Å². The molecule has 0 aliphatic carbocycles. The molecule has 1 heterocycles. The van der Waals surface area contributed by atoms with Gasteiger partial charge in [0.25, 0.3) is 11.5 Å². The number of carbonyl (C=O) groups is 1. The first-order valence-corrected chi connectivity index (χ1v) is 5.91. The molecule has 0 bridgehead atoms. The van der Waals surface area contributed by atoms with Crippen molar-refractivity contribution in [2.45, 2.75) is 26.3 Å². The molecule has 0 saturated heterocycles. The number of amides is 1. The molecule has 1 atom stereocenters. The lowest BCUT2D eigenvalue weighted by atomic mass is 10.2. The van der Waals surface area contributed by atoms with Crippen molar-refractivity contribution in [1.29, 1.82) is 0 Å². The maximum absolute atomic E-state index is 11.9. The highest BCUT2D eigenvalue weighted by atomic mass is 16.2. The number of hydrogen-bond donors (Lipinski definition) is 2. The van der Waals surface area contributed by atoms with Crippen molar-refractivity contribution >= 4 is 16.8 Å². The summed E-state index contributed by atoms with van der Waals surface area (Å²) >= 11 is 0. The van der Waals surface area contributed by atoms with Crippen molar-refractivity contribution in [3.63, 3.8) is 0 Å². The van der Waals surface area contributed by atoms with E-state index in [1.54, 1.807) is 24.3 Å². The van der Waals surface area contributed by atoms with Gasteiger partial charge in [0.2, 0.25) is 0 Å². The molecule has 2 N–H and O–H groups in total. The van der Waals surface area contributed by atoms with Gasteiger partial charge in [-0.3, -0.25) is 9.59 Å². The molecule has 0 unspecified atom stereocenters. The number of fused-ring (bicyclic) bond motifs is 1. The van der Waals surface area contributed by atoms with Crippen molar-refractivity contribution in [2.75, 3.05) is 0 Å². The first-order valence-electron chi connectivity index (χ1n) is 5.91. The van der Waals surface area contributed by atoms with E-state index in [9.17, 15) is 9.59 Å². The molecule has 1 aromatic carbocycles. The van der Waals surface area contributed by atoms with Crippen LogP contribution in [0.3, 0.4) is 0 Å². The van der Waals surface area contributed by atoms with Crippen LogP contribution in [0.15, 0.2) is 29.1 Å². The summed E-state index contributed by atoms with van der Waals surface area (Å²) < 4.78 is 0. The van der Waals surface area contributed by atoms with Gasteiger partial charge in [-0.05, 0) is 25.5 Å². The fourth-order valence-electron chi connectivity index (χ4n) is 1.59. The molecule has 1 aromatic heterocycles. The Hall–Kier alpha value is -2.17. The monoisotopic (exact) mass is 245 g/mol. The number of nitrogens with one attached hydrogen (secondary N) is 2. The highest BCUT2D eigenvalue weighted by molar-refractivity contribution is 5.92. The van der Waals surface area contributed by atoms with Crippen LogP contribution in [0.25, 0.3) is 10.9 Å². The molecule has 18 heavy (non-hydrogen) atoms. The largest absolute Gasteiger partial charge is 0.347 e. The molecule has 5 nitrogen and oxygen atoms in total. The Morgan fingerprint density at radius 3 is 2.89 bits per heavy atom. The third-order valence-electron chi connectivity index (χ3n) is 2.82. The standard InChI is InChI=1S/C13H15N3O2/c1-3-8(2)14-13(18)11-15-10-7-5-4-6-9(10)12(17)16-11/h4-8H,3H2,1-2H3,(H,14,18)(H,15,16,17)/t8-/m0/s1. The quantitative estimate of drug-likeness (QED) is 0.859. The van der Waals surface area contributed by atoms with Gasteiger partial charge in [-0.15, -0.1) is 0 Å². The fraction of sp³-hybridized carbons (Fsp3) is 0.308. The molecule has 0 saturated carbocycles. The molecule has 0 fully saturated rings. The lowest BCUT2D eigenvalue weighted by Crippen LogP contribution is -2.34. The summed E-state index contributed by atoms with van der Waals surface area (Å²) in [5, 5.41) is 3.25. The van der Waals surface area contributed by atoms with Crippen molar-refractivity contribution in [3.05, 3.63) is 40.4 Å². The number of benzene rings is 1. The summed E-state index contributed by atoms with van der Waals surface area (Å²) in [4.78, 5) is 30.3. The first kappa shape index (κ1) is 12.3. The second-order valence-electron chi connectivity index (χ2n) is 4.21. The van der Waals surface area contributed by atoms with E-state index >= 15 is 0 Å². The predicted molar refractivity (Wildman–Crippen MR) is 69.6 cm³/mol. The predicted octanol–water partition coefficient (Wildman–Crippen LogP) is 1.45. The summed E-state index contributed by atoms with van der Waals surface area (Å²) in [6, 6.07) is 6.99. The lowest BCUT2D eigenvalue weighted by molar-refractivity contribution is 0.0929. The minimum absolute atomic E-state index is 0.0503. The minimum Gasteiger partial charge on any atom is -0.347 e. The van der Waals surface area contributed by atoms with Gasteiger partial charge in [0.1, 0.15) is 0 Å². The normalized spacial score (nSPS) is 12.3. The van der Waals surface area contributed by atoms with Crippen molar-refractivity contribution in [1.82, 2.24) is 15.3 Å². The van der Waals surface area contributed by atoms with E-state index < -0.39 is 0 Å². The molecule has 5 heteroatoms. The highest BCUT2D eigenvalue weighted by Gasteiger charge is 2.12. The first-order chi connectivity index (χ1) is 8.61.